The van der Waals surface area contributed by atoms with E-state index in [1.807, 2.05) is 19.0 Å². The quantitative estimate of drug-likeness (QED) is 0.807. The van der Waals surface area contributed by atoms with Gasteiger partial charge in [0, 0.05) is 26.7 Å². The van der Waals surface area contributed by atoms with Gasteiger partial charge in [0.25, 0.3) is 0 Å². The Kier molecular flexibility index (Phi) is 4.69. The van der Waals surface area contributed by atoms with E-state index in [1.165, 1.54) is 0 Å². The molecule has 0 saturated carbocycles. The van der Waals surface area contributed by atoms with Crippen LogP contribution in [0, 0.1) is 0 Å². The van der Waals surface area contributed by atoms with Crippen molar-refractivity contribution in [2.24, 2.45) is 0 Å². The molecule has 0 bridgehead atoms. The first-order valence-corrected chi connectivity index (χ1v) is 6.33. The predicted octanol–water partition coefficient (Wildman–Crippen LogP) is 1.97. The van der Waals surface area contributed by atoms with Gasteiger partial charge in [-0.15, -0.1) is 0 Å². The molecule has 0 aliphatic heterocycles. The first kappa shape index (κ1) is 14.5. The molecule has 18 heavy (non-hydrogen) atoms. The molecule has 0 aliphatic rings. The second-order valence-corrected chi connectivity index (χ2v) is 4.82. The van der Waals surface area contributed by atoms with Crippen molar-refractivity contribution in [3.8, 4) is 0 Å². The molecule has 0 radical (unpaired) electrons. The van der Waals surface area contributed by atoms with Gasteiger partial charge in [0.1, 0.15) is 0 Å². The Hall–Kier alpha value is -1.59. The van der Waals surface area contributed by atoms with E-state index in [0.29, 0.717) is 17.8 Å². The molecule has 6 nitrogen and oxygen atoms in total. The van der Waals surface area contributed by atoms with Crippen molar-refractivity contribution in [1.82, 2.24) is 15.0 Å². The van der Waals surface area contributed by atoms with Crippen LogP contribution in [0.1, 0.15) is 33.6 Å². The normalized spacial score (nSPS) is 11.2. The topological polar surface area (TPSA) is 66.0 Å². The van der Waals surface area contributed by atoms with Crippen LogP contribution >= 0.6 is 0 Å². The minimum atomic E-state index is 0.00987. The van der Waals surface area contributed by atoms with E-state index >= 15 is 0 Å². The monoisotopic (exact) mass is 252 g/mol. The third kappa shape index (κ3) is 3.45. The largest absolute Gasteiger partial charge is 0.357 e. The zero-order valence-corrected chi connectivity index (χ0v) is 12.2. The third-order valence-corrected chi connectivity index (χ3v) is 3.22. The lowest BCUT2D eigenvalue weighted by Crippen LogP contribution is -2.34. The Morgan fingerprint density at radius 3 is 2.06 bits per heavy atom. The van der Waals surface area contributed by atoms with Gasteiger partial charge in [-0.3, -0.25) is 0 Å². The Morgan fingerprint density at radius 1 is 1.06 bits per heavy atom. The summed E-state index contributed by atoms with van der Waals surface area (Å²) in [6.45, 7) is 6.48. The van der Waals surface area contributed by atoms with Crippen LogP contribution in [0.25, 0.3) is 0 Å². The van der Waals surface area contributed by atoms with Gasteiger partial charge in [-0.1, -0.05) is 13.8 Å². The molecule has 0 unspecified atom stereocenters. The summed E-state index contributed by atoms with van der Waals surface area (Å²) in [6, 6.07) is 0. The van der Waals surface area contributed by atoms with Crippen molar-refractivity contribution < 1.29 is 0 Å². The second-order valence-electron chi connectivity index (χ2n) is 4.82. The molecule has 102 valence electrons. The van der Waals surface area contributed by atoms with E-state index in [0.717, 1.165) is 12.8 Å². The first-order valence-electron chi connectivity index (χ1n) is 6.33. The van der Waals surface area contributed by atoms with Gasteiger partial charge in [0.2, 0.25) is 17.8 Å². The Balaban J connectivity index is 3.04. The van der Waals surface area contributed by atoms with Crippen molar-refractivity contribution >= 4 is 17.8 Å². The van der Waals surface area contributed by atoms with E-state index in [9.17, 15) is 0 Å². The summed E-state index contributed by atoms with van der Waals surface area (Å²) in [4.78, 5) is 14.9. The molecule has 1 rings (SSSR count). The number of anilines is 3. The lowest BCUT2D eigenvalue weighted by molar-refractivity contribution is 0.474. The van der Waals surface area contributed by atoms with Gasteiger partial charge in [0.05, 0.1) is 0 Å². The molecule has 1 aromatic heterocycles. The highest BCUT2D eigenvalue weighted by atomic mass is 15.3. The van der Waals surface area contributed by atoms with Crippen LogP contribution in [0.4, 0.5) is 17.8 Å². The summed E-state index contributed by atoms with van der Waals surface area (Å²) in [5.41, 5.74) is 0.00987. The van der Waals surface area contributed by atoms with Crippen LogP contribution < -0.4 is 15.5 Å². The summed E-state index contributed by atoms with van der Waals surface area (Å²) >= 11 is 0. The first-order chi connectivity index (χ1) is 8.44. The molecule has 1 heterocycles. The van der Waals surface area contributed by atoms with Crippen molar-refractivity contribution in [3.63, 3.8) is 0 Å². The summed E-state index contributed by atoms with van der Waals surface area (Å²) in [6.07, 6.45) is 2.03. The average molecular weight is 252 g/mol. The molecule has 0 fully saturated rings. The Morgan fingerprint density at radius 2 is 1.61 bits per heavy atom. The molecular formula is C12H24N6. The van der Waals surface area contributed by atoms with Crippen molar-refractivity contribution in [3.05, 3.63) is 0 Å². The van der Waals surface area contributed by atoms with E-state index in [4.69, 9.17) is 0 Å². The number of hydrogen-bond donors (Lipinski definition) is 2. The fourth-order valence-corrected chi connectivity index (χ4v) is 1.43. The van der Waals surface area contributed by atoms with Crippen LogP contribution in [-0.2, 0) is 0 Å². The van der Waals surface area contributed by atoms with Crippen LogP contribution in [0.3, 0.4) is 0 Å². The number of nitrogens with zero attached hydrogens (tertiary/aromatic N) is 4. The van der Waals surface area contributed by atoms with Gasteiger partial charge in [0.15, 0.2) is 0 Å². The Labute approximate surface area is 109 Å². The zero-order valence-electron chi connectivity index (χ0n) is 12.2. The Bertz CT molecular complexity index is 386. The molecule has 0 spiro atoms. The van der Waals surface area contributed by atoms with Gasteiger partial charge in [-0.2, -0.15) is 15.0 Å². The van der Waals surface area contributed by atoms with E-state index in [1.54, 1.807) is 7.05 Å². The van der Waals surface area contributed by atoms with Gasteiger partial charge >= 0.3 is 0 Å². The average Bonchev–Trinajstić information content (AvgIpc) is 2.38. The smallest absolute Gasteiger partial charge is 0.231 e. The SMILES string of the molecule is CCC(C)(CC)Nc1nc(NC)nc(N(C)C)n1. The third-order valence-electron chi connectivity index (χ3n) is 3.22. The highest BCUT2D eigenvalue weighted by Gasteiger charge is 2.21. The second kappa shape index (κ2) is 5.84. The number of aromatic nitrogens is 3. The highest BCUT2D eigenvalue weighted by molar-refractivity contribution is 5.43. The summed E-state index contributed by atoms with van der Waals surface area (Å²) in [7, 11) is 5.63. The van der Waals surface area contributed by atoms with Gasteiger partial charge in [-0.25, -0.2) is 0 Å². The van der Waals surface area contributed by atoms with Gasteiger partial charge in [-0.05, 0) is 19.8 Å². The minimum Gasteiger partial charge on any atom is -0.357 e. The fraction of sp³-hybridized carbons (Fsp3) is 0.750. The maximum atomic E-state index is 4.41. The lowest BCUT2D eigenvalue weighted by atomic mass is 9.96. The molecule has 0 amide bonds. The summed E-state index contributed by atoms with van der Waals surface area (Å²) in [5, 5.41) is 6.35. The van der Waals surface area contributed by atoms with Gasteiger partial charge < -0.3 is 15.5 Å². The predicted molar refractivity (Wildman–Crippen MR) is 76.3 cm³/mol. The van der Waals surface area contributed by atoms with Crippen LogP contribution in [0.2, 0.25) is 0 Å². The molecule has 0 aromatic carbocycles. The van der Waals surface area contributed by atoms with Crippen molar-refractivity contribution in [2.75, 3.05) is 36.7 Å². The molecular weight excluding hydrogens is 228 g/mol. The molecule has 2 N–H and O–H groups in total. The lowest BCUT2D eigenvalue weighted by Gasteiger charge is -2.28. The van der Waals surface area contributed by atoms with Crippen molar-refractivity contribution in [1.29, 1.82) is 0 Å². The minimum absolute atomic E-state index is 0.00987. The van der Waals surface area contributed by atoms with Crippen LogP contribution in [-0.4, -0.2) is 41.6 Å². The molecule has 0 atom stereocenters. The standard InChI is InChI=1S/C12H24N6/c1-7-12(3,8-2)17-10-14-9(13-4)15-11(16-10)18(5)6/h7-8H2,1-6H3,(H2,13,14,15,16,17). The van der Waals surface area contributed by atoms with E-state index in [2.05, 4.69) is 46.4 Å². The summed E-state index contributed by atoms with van der Waals surface area (Å²) in [5.74, 6) is 1.83. The highest BCUT2D eigenvalue weighted by Crippen LogP contribution is 2.20. The maximum Gasteiger partial charge on any atom is 0.231 e. The molecule has 1 aromatic rings. The van der Waals surface area contributed by atoms with Crippen LogP contribution in [0.15, 0.2) is 0 Å². The number of nitrogens with one attached hydrogen (secondary N) is 2. The van der Waals surface area contributed by atoms with E-state index in [-0.39, 0.29) is 5.54 Å². The summed E-state index contributed by atoms with van der Waals surface area (Å²) < 4.78 is 0. The zero-order chi connectivity index (χ0) is 13.8. The molecule has 6 heteroatoms. The fourth-order valence-electron chi connectivity index (χ4n) is 1.43. The van der Waals surface area contributed by atoms with Crippen LogP contribution in [0.5, 0.6) is 0 Å². The molecule has 0 saturated heterocycles. The van der Waals surface area contributed by atoms with E-state index < -0.39 is 0 Å². The molecule has 0 aliphatic carbocycles. The van der Waals surface area contributed by atoms with Crippen molar-refractivity contribution in [2.45, 2.75) is 39.2 Å². The number of hydrogen-bond acceptors (Lipinski definition) is 6. The number of rotatable bonds is 6. The maximum absolute atomic E-state index is 4.41.